The molecule has 0 bridgehead atoms. The second-order valence-electron chi connectivity index (χ2n) is 8.01. The van der Waals surface area contributed by atoms with E-state index in [4.69, 9.17) is 4.98 Å². The lowest BCUT2D eigenvalue weighted by Crippen LogP contribution is -2.35. The maximum Gasteiger partial charge on any atom is 0.159 e. The molecular formula is C23H25N5O. The number of nitrogens with one attached hydrogen (secondary N) is 2. The average Bonchev–Trinajstić information content (AvgIpc) is 3.31. The Morgan fingerprint density at radius 1 is 1.21 bits per heavy atom. The molecule has 29 heavy (non-hydrogen) atoms. The molecule has 0 saturated heterocycles. The third kappa shape index (κ3) is 3.00. The van der Waals surface area contributed by atoms with Crippen molar-refractivity contribution in [3.8, 4) is 28.4 Å². The van der Waals surface area contributed by atoms with Crippen LogP contribution in [-0.4, -0.2) is 43.3 Å². The molecule has 0 saturated carbocycles. The number of aryl methyl sites for hydroxylation is 1. The zero-order valence-corrected chi connectivity index (χ0v) is 17.0. The zero-order chi connectivity index (χ0) is 20.1. The maximum atomic E-state index is 9.79. The highest BCUT2D eigenvalue weighted by Crippen LogP contribution is 2.33. The Morgan fingerprint density at radius 2 is 2.07 bits per heavy atom. The number of benzene rings is 2. The Bertz CT molecular complexity index is 1180. The number of aromatic hydroxyl groups is 1. The van der Waals surface area contributed by atoms with Crippen LogP contribution in [0.2, 0.25) is 0 Å². The largest absolute Gasteiger partial charge is 0.508 e. The molecule has 0 radical (unpaired) electrons. The van der Waals surface area contributed by atoms with E-state index in [0.717, 1.165) is 64.2 Å². The highest BCUT2D eigenvalue weighted by molar-refractivity contribution is 5.94. The van der Waals surface area contributed by atoms with Crippen molar-refractivity contribution in [1.82, 2.24) is 25.1 Å². The Kier molecular flexibility index (Phi) is 4.17. The molecule has 2 aromatic heterocycles. The fourth-order valence-corrected chi connectivity index (χ4v) is 4.22. The summed E-state index contributed by atoms with van der Waals surface area (Å²) in [5.41, 5.74) is 7.54. The van der Waals surface area contributed by atoms with Crippen molar-refractivity contribution in [3.05, 3.63) is 53.3 Å². The van der Waals surface area contributed by atoms with Gasteiger partial charge in [-0.3, -0.25) is 10.00 Å². The van der Waals surface area contributed by atoms with Gasteiger partial charge in [0.15, 0.2) is 5.82 Å². The van der Waals surface area contributed by atoms with Gasteiger partial charge in [-0.25, -0.2) is 4.98 Å². The van der Waals surface area contributed by atoms with Crippen LogP contribution in [-0.2, 0) is 19.4 Å². The fraction of sp³-hybridized carbons (Fsp3) is 0.304. The number of phenols is 1. The molecule has 1 aliphatic rings. The minimum atomic E-state index is 0.303. The Labute approximate surface area is 169 Å². The summed E-state index contributed by atoms with van der Waals surface area (Å²) in [5, 5.41) is 18.6. The first-order chi connectivity index (χ1) is 14.0. The second-order valence-corrected chi connectivity index (χ2v) is 8.01. The molecule has 0 amide bonds. The number of imidazole rings is 1. The number of H-pyrrole nitrogens is 2. The number of phenolic OH excluding ortho intramolecular Hbond substituents is 1. The molecular weight excluding hydrogens is 362 g/mol. The first kappa shape index (κ1) is 17.9. The molecule has 1 aliphatic heterocycles. The van der Waals surface area contributed by atoms with Crippen molar-refractivity contribution in [2.75, 3.05) is 7.05 Å². The number of nitrogens with zero attached hydrogens (tertiary/aromatic N) is 3. The van der Waals surface area contributed by atoms with Gasteiger partial charge in [-0.1, -0.05) is 19.1 Å². The standard InChI is InChI=1S/C23H25N5O/c1-4-14-10-16(29)6-8-17(14)15-5-7-18-19(11-15)26-27-22(18)23-24-20-9-13(2)28(3)12-21(20)25-23/h5-8,10-11,13,29H,4,9,12H2,1-3H3,(H,24,25)(H,26,27)/t13-/m1/s1. The Hall–Kier alpha value is -3.12. The minimum absolute atomic E-state index is 0.303. The fourth-order valence-electron chi connectivity index (χ4n) is 4.22. The van der Waals surface area contributed by atoms with Crippen LogP contribution in [0.25, 0.3) is 33.5 Å². The van der Waals surface area contributed by atoms with E-state index < -0.39 is 0 Å². The van der Waals surface area contributed by atoms with Gasteiger partial charge in [0.2, 0.25) is 0 Å². The zero-order valence-electron chi connectivity index (χ0n) is 17.0. The van der Waals surface area contributed by atoms with E-state index in [1.54, 1.807) is 6.07 Å². The second kappa shape index (κ2) is 6.74. The Morgan fingerprint density at radius 3 is 2.90 bits per heavy atom. The molecule has 0 unspecified atom stereocenters. The maximum absolute atomic E-state index is 9.79. The van der Waals surface area contributed by atoms with Crippen LogP contribution in [0.15, 0.2) is 36.4 Å². The lowest BCUT2D eigenvalue weighted by atomic mass is 9.97. The van der Waals surface area contributed by atoms with Crippen LogP contribution in [0.5, 0.6) is 5.75 Å². The molecule has 0 fully saturated rings. The molecule has 3 N–H and O–H groups in total. The quantitative estimate of drug-likeness (QED) is 0.490. The van der Waals surface area contributed by atoms with Gasteiger partial charge in [0.1, 0.15) is 11.4 Å². The third-order valence-corrected chi connectivity index (χ3v) is 6.08. The summed E-state index contributed by atoms with van der Waals surface area (Å²) < 4.78 is 0. The van der Waals surface area contributed by atoms with E-state index in [-0.39, 0.29) is 0 Å². The molecule has 6 heteroatoms. The number of rotatable bonds is 3. The molecule has 5 rings (SSSR count). The smallest absolute Gasteiger partial charge is 0.159 e. The number of aromatic amines is 2. The predicted octanol–water partition coefficient (Wildman–Crippen LogP) is 4.26. The van der Waals surface area contributed by atoms with Crippen LogP contribution in [0.1, 0.15) is 30.8 Å². The number of likely N-dealkylation sites (N-methyl/N-ethyl adjacent to an activating group) is 1. The van der Waals surface area contributed by atoms with Gasteiger partial charge < -0.3 is 10.1 Å². The van der Waals surface area contributed by atoms with Crippen LogP contribution in [0, 0.1) is 0 Å². The lowest BCUT2D eigenvalue weighted by Gasteiger charge is -2.28. The first-order valence-corrected chi connectivity index (χ1v) is 10.1. The first-order valence-electron chi connectivity index (χ1n) is 10.1. The molecule has 6 nitrogen and oxygen atoms in total. The van der Waals surface area contributed by atoms with E-state index in [9.17, 15) is 5.11 Å². The number of fused-ring (bicyclic) bond motifs is 2. The molecule has 148 valence electrons. The molecule has 0 aliphatic carbocycles. The summed E-state index contributed by atoms with van der Waals surface area (Å²) in [6.45, 7) is 5.22. The summed E-state index contributed by atoms with van der Waals surface area (Å²) in [5.74, 6) is 1.13. The average molecular weight is 387 g/mol. The van der Waals surface area contributed by atoms with E-state index in [2.05, 4.69) is 59.2 Å². The number of hydrogen-bond donors (Lipinski definition) is 3. The third-order valence-electron chi connectivity index (χ3n) is 6.08. The van der Waals surface area contributed by atoms with Crippen molar-refractivity contribution < 1.29 is 5.11 Å². The number of aromatic nitrogens is 4. The van der Waals surface area contributed by atoms with Gasteiger partial charge in [-0.05, 0) is 61.3 Å². The van der Waals surface area contributed by atoms with Gasteiger partial charge in [0, 0.05) is 24.4 Å². The molecule has 3 heterocycles. The van der Waals surface area contributed by atoms with Gasteiger partial charge in [0.05, 0.1) is 16.9 Å². The van der Waals surface area contributed by atoms with Crippen LogP contribution >= 0.6 is 0 Å². The molecule has 2 aromatic carbocycles. The van der Waals surface area contributed by atoms with Crippen LogP contribution in [0.4, 0.5) is 0 Å². The summed E-state index contributed by atoms with van der Waals surface area (Å²) in [6.07, 6.45) is 1.82. The summed E-state index contributed by atoms with van der Waals surface area (Å²) in [6, 6.07) is 12.4. The summed E-state index contributed by atoms with van der Waals surface area (Å²) in [4.78, 5) is 10.7. The Balaban J connectivity index is 1.55. The number of hydrogen-bond acceptors (Lipinski definition) is 4. The summed E-state index contributed by atoms with van der Waals surface area (Å²) in [7, 11) is 2.15. The van der Waals surface area contributed by atoms with Crippen molar-refractivity contribution in [2.24, 2.45) is 0 Å². The van der Waals surface area contributed by atoms with Crippen molar-refractivity contribution in [1.29, 1.82) is 0 Å². The van der Waals surface area contributed by atoms with Crippen LogP contribution < -0.4 is 0 Å². The van der Waals surface area contributed by atoms with Gasteiger partial charge in [-0.2, -0.15) is 5.10 Å². The van der Waals surface area contributed by atoms with E-state index >= 15 is 0 Å². The molecule has 0 spiro atoms. The van der Waals surface area contributed by atoms with Crippen molar-refractivity contribution >= 4 is 10.9 Å². The van der Waals surface area contributed by atoms with E-state index in [0.29, 0.717) is 11.8 Å². The topological polar surface area (TPSA) is 80.8 Å². The van der Waals surface area contributed by atoms with Gasteiger partial charge in [0.25, 0.3) is 0 Å². The SMILES string of the molecule is CCc1cc(O)ccc1-c1ccc2c(-c3nc4c([nH]3)CN(C)[C@H](C)C4)n[nH]c2c1. The van der Waals surface area contributed by atoms with Crippen molar-refractivity contribution in [2.45, 2.75) is 39.3 Å². The van der Waals surface area contributed by atoms with Gasteiger partial charge >= 0.3 is 0 Å². The summed E-state index contributed by atoms with van der Waals surface area (Å²) >= 11 is 0. The lowest BCUT2D eigenvalue weighted by molar-refractivity contribution is 0.227. The predicted molar refractivity (Wildman–Crippen MR) is 115 cm³/mol. The highest BCUT2D eigenvalue weighted by Gasteiger charge is 2.24. The van der Waals surface area contributed by atoms with E-state index in [1.807, 2.05) is 12.1 Å². The van der Waals surface area contributed by atoms with E-state index in [1.165, 1.54) is 5.69 Å². The minimum Gasteiger partial charge on any atom is -0.508 e. The van der Waals surface area contributed by atoms with Crippen molar-refractivity contribution in [3.63, 3.8) is 0 Å². The van der Waals surface area contributed by atoms with Crippen LogP contribution in [0.3, 0.4) is 0 Å². The molecule has 1 atom stereocenters. The highest BCUT2D eigenvalue weighted by atomic mass is 16.3. The monoisotopic (exact) mass is 387 g/mol. The molecule has 4 aromatic rings. The normalized spacial score (nSPS) is 17.0. The van der Waals surface area contributed by atoms with Gasteiger partial charge in [-0.15, -0.1) is 0 Å².